The first-order valence-corrected chi connectivity index (χ1v) is 7.10. The normalized spacial score (nSPS) is 28.4. The van der Waals surface area contributed by atoms with Gasteiger partial charge >= 0.3 is 6.09 Å². The summed E-state index contributed by atoms with van der Waals surface area (Å²) < 4.78 is 5.44. The molecule has 4 nitrogen and oxygen atoms in total. The molecule has 19 heavy (non-hydrogen) atoms. The van der Waals surface area contributed by atoms with Gasteiger partial charge in [-0.25, -0.2) is 4.79 Å². The summed E-state index contributed by atoms with van der Waals surface area (Å²) in [6.45, 7) is 8.01. The summed E-state index contributed by atoms with van der Waals surface area (Å²) in [5.74, 6) is 2.88. The van der Waals surface area contributed by atoms with Crippen molar-refractivity contribution in [3.63, 3.8) is 0 Å². The molecular formula is C15H24N2O2. The number of carbonyl (C=O) groups excluding carboxylic acids is 1. The Hall–Kier alpha value is -1.21. The molecule has 2 unspecified atom stereocenters. The van der Waals surface area contributed by atoms with E-state index in [9.17, 15) is 4.79 Å². The van der Waals surface area contributed by atoms with Crippen LogP contribution in [0.5, 0.6) is 0 Å². The molecule has 0 aliphatic carbocycles. The molecule has 0 aromatic heterocycles. The van der Waals surface area contributed by atoms with Crippen LogP contribution in [0.15, 0.2) is 0 Å². The zero-order chi connectivity index (χ0) is 14.0. The fraction of sp³-hybridized carbons (Fsp3) is 0.800. The number of ether oxygens (including phenoxy) is 1. The van der Waals surface area contributed by atoms with Gasteiger partial charge in [0.2, 0.25) is 0 Å². The van der Waals surface area contributed by atoms with E-state index in [1.165, 1.54) is 0 Å². The van der Waals surface area contributed by atoms with Crippen LogP contribution in [-0.2, 0) is 4.74 Å². The van der Waals surface area contributed by atoms with Crippen molar-refractivity contribution >= 4 is 6.09 Å². The Kier molecular flexibility index (Phi) is 4.05. The lowest BCUT2D eigenvalue weighted by Gasteiger charge is -2.46. The van der Waals surface area contributed by atoms with Crippen LogP contribution in [0.25, 0.3) is 0 Å². The first-order valence-electron chi connectivity index (χ1n) is 7.10. The van der Waals surface area contributed by atoms with Crippen LogP contribution < -0.4 is 0 Å². The van der Waals surface area contributed by atoms with Crippen molar-refractivity contribution in [2.45, 2.75) is 57.7 Å². The minimum absolute atomic E-state index is 0.199. The van der Waals surface area contributed by atoms with Gasteiger partial charge in [0.15, 0.2) is 0 Å². The second-order valence-electron chi connectivity index (χ2n) is 6.43. The Bertz CT molecular complexity index is 381. The van der Waals surface area contributed by atoms with Gasteiger partial charge < -0.3 is 9.64 Å². The van der Waals surface area contributed by atoms with Gasteiger partial charge in [0.1, 0.15) is 5.60 Å². The van der Waals surface area contributed by atoms with E-state index in [0.717, 1.165) is 32.4 Å². The molecule has 0 bridgehead atoms. The highest BCUT2D eigenvalue weighted by molar-refractivity contribution is 5.68. The molecular weight excluding hydrogens is 240 g/mol. The summed E-state index contributed by atoms with van der Waals surface area (Å²) in [5, 5.41) is 0. The first-order chi connectivity index (χ1) is 8.90. The summed E-state index contributed by atoms with van der Waals surface area (Å²) in [6, 6.07) is 0.649. The monoisotopic (exact) mass is 264 g/mol. The number of rotatable bonds is 0. The number of fused-ring (bicyclic) bond motifs is 1. The molecule has 2 fully saturated rings. The van der Waals surface area contributed by atoms with Crippen molar-refractivity contribution in [2.75, 3.05) is 19.6 Å². The number of nitrogens with zero attached hydrogens (tertiary/aromatic N) is 2. The molecule has 2 heterocycles. The molecule has 0 aromatic rings. The fourth-order valence-corrected chi connectivity index (χ4v) is 2.92. The Morgan fingerprint density at radius 2 is 2.05 bits per heavy atom. The maximum atomic E-state index is 12.1. The van der Waals surface area contributed by atoms with Gasteiger partial charge in [0.05, 0.1) is 6.04 Å². The van der Waals surface area contributed by atoms with E-state index in [1.807, 2.05) is 25.7 Å². The average molecular weight is 264 g/mol. The number of carbonyl (C=O) groups is 1. The van der Waals surface area contributed by atoms with Crippen molar-refractivity contribution in [3.8, 4) is 12.3 Å². The van der Waals surface area contributed by atoms with Gasteiger partial charge in [-0.05, 0) is 40.0 Å². The summed E-state index contributed by atoms with van der Waals surface area (Å²) in [5.41, 5.74) is -0.428. The summed E-state index contributed by atoms with van der Waals surface area (Å²) >= 11 is 0. The van der Waals surface area contributed by atoms with Gasteiger partial charge in [-0.3, -0.25) is 4.90 Å². The van der Waals surface area contributed by atoms with E-state index in [4.69, 9.17) is 11.2 Å². The predicted octanol–water partition coefficient (Wildman–Crippen LogP) is 2.09. The lowest BCUT2D eigenvalue weighted by atomic mass is 9.94. The Balaban J connectivity index is 1.95. The number of piperidine rings is 1. The molecule has 2 atom stereocenters. The van der Waals surface area contributed by atoms with Crippen LogP contribution >= 0.6 is 0 Å². The van der Waals surface area contributed by atoms with Crippen LogP contribution in [0.3, 0.4) is 0 Å². The van der Waals surface area contributed by atoms with E-state index in [-0.39, 0.29) is 12.1 Å². The van der Waals surface area contributed by atoms with Crippen LogP contribution in [0.4, 0.5) is 4.79 Å². The van der Waals surface area contributed by atoms with Gasteiger partial charge in [-0.1, -0.05) is 5.92 Å². The largest absolute Gasteiger partial charge is 0.444 e. The van der Waals surface area contributed by atoms with E-state index in [2.05, 4.69) is 10.8 Å². The number of terminal acetylenes is 1. The number of piperazine rings is 1. The molecule has 1 amide bonds. The van der Waals surface area contributed by atoms with E-state index >= 15 is 0 Å². The van der Waals surface area contributed by atoms with Gasteiger partial charge in [-0.2, -0.15) is 0 Å². The molecule has 0 saturated carbocycles. The highest BCUT2D eigenvalue weighted by Gasteiger charge is 2.36. The highest BCUT2D eigenvalue weighted by Crippen LogP contribution is 2.26. The fourth-order valence-electron chi connectivity index (χ4n) is 2.92. The molecule has 0 N–H and O–H groups in total. The summed E-state index contributed by atoms with van der Waals surface area (Å²) in [7, 11) is 0. The molecule has 2 rings (SSSR count). The molecule has 2 aliphatic rings. The third kappa shape index (κ3) is 3.42. The minimum Gasteiger partial charge on any atom is -0.444 e. The second-order valence-corrected chi connectivity index (χ2v) is 6.43. The topological polar surface area (TPSA) is 32.8 Å². The lowest BCUT2D eigenvalue weighted by Crippen LogP contribution is -2.59. The van der Waals surface area contributed by atoms with Gasteiger partial charge in [-0.15, -0.1) is 6.42 Å². The average Bonchev–Trinajstić information content (AvgIpc) is 2.35. The van der Waals surface area contributed by atoms with Crippen molar-refractivity contribution < 1.29 is 9.53 Å². The third-order valence-corrected chi connectivity index (χ3v) is 3.79. The Labute approximate surface area is 116 Å². The van der Waals surface area contributed by atoms with Gasteiger partial charge in [0.25, 0.3) is 0 Å². The molecule has 0 aromatic carbocycles. The molecule has 2 aliphatic heterocycles. The van der Waals surface area contributed by atoms with E-state index in [1.54, 1.807) is 0 Å². The molecule has 4 heteroatoms. The zero-order valence-corrected chi connectivity index (χ0v) is 12.2. The van der Waals surface area contributed by atoms with Crippen molar-refractivity contribution in [1.29, 1.82) is 0 Å². The standard InChI is InChI=1S/C15H24N2O2/c1-5-12-7-6-8-13-11-16(9-10-17(12)13)14(18)19-15(2,3)4/h1,12-13H,6-11H2,2-4H3. The second kappa shape index (κ2) is 5.42. The van der Waals surface area contributed by atoms with Crippen LogP contribution in [0, 0.1) is 12.3 Å². The number of amides is 1. The number of hydrogen-bond acceptors (Lipinski definition) is 3. The predicted molar refractivity (Wildman–Crippen MR) is 74.8 cm³/mol. The van der Waals surface area contributed by atoms with Crippen molar-refractivity contribution in [3.05, 3.63) is 0 Å². The molecule has 106 valence electrons. The maximum Gasteiger partial charge on any atom is 0.410 e. The zero-order valence-electron chi connectivity index (χ0n) is 12.2. The van der Waals surface area contributed by atoms with Crippen LogP contribution in [-0.4, -0.2) is 53.2 Å². The first kappa shape index (κ1) is 14.2. The van der Waals surface area contributed by atoms with Crippen LogP contribution in [0.2, 0.25) is 0 Å². The van der Waals surface area contributed by atoms with Crippen LogP contribution in [0.1, 0.15) is 40.0 Å². The van der Waals surface area contributed by atoms with E-state index in [0.29, 0.717) is 12.6 Å². The highest BCUT2D eigenvalue weighted by atomic mass is 16.6. The Morgan fingerprint density at radius 1 is 1.32 bits per heavy atom. The lowest BCUT2D eigenvalue weighted by molar-refractivity contribution is -0.00903. The maximum absolute atomic E-state index is 12.1. The van der Waals surface area contributed by atoms with Crippen molar-refractivity contribution in [2.24, 2.45) is 0 Å². The summed E-state index contributed by atoms with van der Waals surface area (Å²) in [6.07, 6.45) is 8.75. The summed E-state index contributed by atoms with van der Waals surface area (Å²) in [4.78, 5) is 16.3. The van der Waals surface area contributed by atoms with E-state index < -0.39 is 5.60 Å². The number of hydrogen-bond donors (Lipinski definition) is 0. The van der Waals surface area contributed by atoms with Crippen molar-refractivity contribution in [1.82, 2.24) is 9.80 Å². The quantitative estimate of drug-likeness (QED) is 0.628. The minimum atomic E-state index is -0.428. The molecule has 0 radical (unpaired) electrons. The smallest absolute Gasteiger partial charge is 0.410 e. The van der Waals surface area contributed by atoms with Gasteiger partial charge in [0, 0.05) is 25.7 Å². The Morgan fingerprint density at radius 3 is 2.68 bits per heavy atom. The third-order valence-electron chi connectivity index (χ3n) is 3.79. The SMILES string of the molecule is C#CC1CCCC2CN(C(=O)OC(C)(C)C)CCN12. The molecule has 2 saturated heterocycles. The molecule has 0 spiro atoms.